The van der Waals surface area contributed by atoms with Gasteiger partial charge in [0.15, 0.2) is 0 Å². The van der Waals surface area contributed by atoms with Gasteiger partial charge in [0.2, 0.25) is 0 Å². The van der Waals surface area contributed by atoms with Crippen LogP contribution in [0.2, 0.25) is 0 Å². The third-order valence-electron chi connectivity index (χ3n) is 3.24. The van der Waals surface area contributed by atoms with Crippen LogP contribution in [0.15, 0.2) is 0 Å². The van der Waals surface area contributed by atoms with Crippen LogP contribution in [0, 0.1) is 11.3 Å². The van der Waals surface area contributed by atoms with Gasteiger partial charge < -0.3 is 9.64 Å². The van der Waals surface area contributed by atoms with E-state index in [0.717, 1.165) is 39.1 Å². The number of hydrogen-bond acceptors (Lipinski definition) is 5. The molecule has 0 radical (unpaired) electrons. The van der Waals surface area contributed by atoms with Crippen LogP contribution >= 0.6 is 0 Å². The zero-order valence-electron chi connectivity index (χ0n) is 10.7. The van der Waals surface area contributed by atoms with Crippen molar-refractivity contribution in [3.05, 3.63) is 0 Å². The molecule has 1 rings (SSSR count). The highest BCUT2D eigenvalue weighted by molar-refractivity contribution is 5.69. The predicted molar refractivity (Wildman–Crippen MR) is 64.3 cm³/mol. The molecule has 5 heteroatoms. The van der Waals surface area contributed by atoms with E-state index >= 15 is 0 Å². The second-order valence-corrected chi connectivity index (χ2v) is 4.26. The first kappa shape index (κ1) is 13.9. The van der Waals surface area contributed by atoms with Crippen LogP contribution in [-0.4, -0.2) is 61.6 Å². The van der Waals surface area contributed by atoms with Crippen LogP contribution in [0.4, 0.5) is 0 Å². The van der Waals surface area contributed by atoms with Gasteiger partial charge in [-0.2, -0.15) is 5.26 Å². The van der Waals surface area contributed by atoms with Crippen molar-refractivity contribution in [1.29, 1.82) is 5.26 Å². The van der Waals surface area contributed by atoms with Crippen LogP contribution in [0.25, 0.3) is 0 Å². The van der Waals surface area contributed by atoms with Crippen molar-refractivity contribution in [1.82, 2.24) is 9.80 Å². The topological polar surface area (TPSA) is 56.6 Å². The van der Waals surface area contributed by atoms with Crippen molar-refractivity contribution in [2.45, 2.75) is 25.8 Å². The Bertz CT molecular complexity index is 280. The molecule has 0 bridgehead atoms. The Kier molecular flexibility index (Phi) is 5.95. The summed E-state index contributed by atoms with van der Waals surface area (Å²) in [5, 5.41) is 8.99. The maximum Gasteiger partial charge on any atom is 0.306 e. The fourth-order valence-corrected chi connectivity index (χ4v) is 2.08. The number of nitriles is 1. The molecular formula is C12H21N3O2. The summed E-state index contributed by atoms with van der Waals surface area (Å²) in [6.45, 7) is 6.46. The molecule has 0 N–H and O–H groups in total. The standard InChI is InChI=1S/C12H21N3O2/c1-3-11(10-13)15-8-6-14(7-9-15)5-4-12(16)17-2/h11H,3-9H2,1-2H3. The van der Waals surface area contributed by atoms with Gasteiger partial charge in [-0.25, -0.2) is 0 Å². The molecule has 5 nitrogen and oxygen atoms in total. The Hall–Kier alpha value is -1.12. The number of methoxy groups -OCH3 is 1. The highest BCUT2D eigenvalue weighted by Crippen LogP contribution is 2.09. The molecule has 1 aliphatic heterocycles. The molecule has 1 unspecified atom stereocenters. The van der Waals surface area contributed by atoms with Crippen LogP contribution in [0.5, 0.6) is 0 Å². The minimum Gasteiger partial charge on any atom is -0.469 e. The van der Waals surface area contributed by atoms with Crippen molar-refractivity contribution in [3.8, 4) is 6.07 Å². The zero-order chi connectivity index (χ0) is 12.7. The molecule has 0 amide bonds. The van der Waals surface area contributed by atoms with Gasteiger partial charge in [0, 0.05) is 32.7 Å². The highest BCUT2D eigenvalue weighted by Gasteiger charge is 2.22. The van der Waals surface area contributed by atoms with E-state index in [4.69, 9.17) is 5.26 Å². The average Bonchev–Trinajstić information content (AvgIpc) is 2.38. The Labute approximate surface area is 103 Å². The lowest BCUT2D eigenvalue weighted by molar-refractivity contribution is -0.141. The first-order chi connectivity index (χ1) is 8.21. The van der Waals surface area contributed by atoms with Crippen molar-refractivity contribution in [2.24, 2.45) is 0 Å². The zero-order valence-corrected chi connectivity index (χ0v) is 10.7. The van der Waals surface area contributed by atoms with Gasteiger partial charge in [0.1, 0.15) is 0 Å². The molecule has 1 saturated heterocycles. The maximum absolute atomic E-state index is 11.0. The van der Waals surface area contributed by atoms with Gasteiger partial charge in [-0.3, -0.25) is 9.69 Å². The lowest BCUT2D eigenvalue weighted by Crippen LogP contribution is -2.50. The Morgan fingerprint density at radius 2 is 2.06 bits per heavy atom. The molecule has 96 valence electrons. The molecule has 17 heavy (non-hydrogen) atoms. The first-order valence-electron chi connectivity index (χ1n) is 6.14. The van der Waals surface area contributed by atoms with E-state index in [1.54, 1.807) is 0 Å². The SMILES string of the molecule is CCC(C#N)N1CCN(CCC(=O)OC)CC1. The van der Waals surface area contributed by atoms with E-state index in [-0.39, 0.29) is 12.0 Å². The third kappa shape index (κ3) is 4.33. The van der Waals surface area contributed by atoms with E-state index in [2.05, 4.69) is 20.6 Å². The number of piperazine rings is 1. The molecule has 1 aliphatic rings. The summed E-state index contributed by atoms with van der Waals surface area (Å²) in [5.74, 6) is -0.157. The van der Waals surface area contributed by atoms with Crippen LogP contribution < -0.4 is 0 Å². The van der Waals surface area contributed by atoms with Gasteiger partial charge in [-0.1, -0.05) is 6.92 Å². The van der Waals surface area contributed by atoms with E-state index in [1.807, 2.05) is 6.92 Å². The summed E-state index contributed by atoms with van der Waals surface area (Å²) in [7, 11) is 1.42. The van der Waals surface area contributed by atoms with E-state index in [1.165, 1.54) is 7.11 Å². The molecule has 0 saturated carbocycles. The number of ether oxygens (including phenoxy) is 1. The summed E-state index contributed by atoms with van der Waals surface area (Å²) in [6, 6.07) is 2.37. The normalized spacial score (nSPS) is 19.6. The number of esters is 1. The highest BCUT2D eigenvalue weighted by atomic mass is 16.5. The molecule has 0 aliphatic carbocycles. The quantitative estimate of drug-likeness (QED) is 0.653. The van der Waals surface area contributed by atoms with Crippen LogP contribution in [0.3, 0.4) is 0 Å². The third-order valence-corrected chi connectivity index (χ3v) is 3.24. The summed E-state index contributed by atoms with van der Waals surface area (Å²) >= 11 is 0. The lowest BCUT2D eigenvalue weighted by Gasteiger charge is -2.36. The van der Waals surface area contributed by atoms with E-state index < -0.39 is 0 Å². The first-order valence-corrected chi connectivity index (χ1v) is 6.14. The molecule has 1 heterocycles. The molecule has 1 atom stereocenters. The van der Waals surface area contributed by atoms with Gasteiger partial charge >= 0.3 is 5.97 Å². The molecule has 0 spiro atoms. The Morgan fingerprint density at radius 3 is 2.53 bits per heavy atom. The smallest absolute Gasteiger partial charge is 0.306 e. The molecule has 0 aromatic rings. The number of carbonyl (C=O) groups excluding carboxylic acids is 1. The predicted octanol–water partition coefficient (Wildman–Crippen LogP) is 0.469. The van der Waals surface area contributed by atoms with Gasteiger partial charge in [-0.15, -0.1) is 0 Å². The second-order valence-electron chi connectivity index (χ2n) is 4.26. The van der Waals surface area contributed by atoms with Crippen molar-refractivity contribution in [2.75, 3.05) is 39.8 Å². The molecular weight excluding hydrogens is 218 g/mol. The van der Waals surface area contributed by atoms with Crippen molar-refractivity contribution >= 4 is 5.97 Å². The van der Waals surface area contributed by atoms with Gasteiger partial charge in [0.05, 0.1) is 25.6 Å². The molecule has 1 fully saturated rings. The molecule has 0 aromatic carbocycles. The maximum atomic E-state index is 11.0. The second kappa shape index (κ2) is 7.25. The number of carbonyl (C=O) groups is 1. The number of rotatable bonds is 5. The number of nitrogens with zero attached hydrogens (tertiary/aromatic N) is 3. The monoisotopic (exact) mass is 239 g/mol. The van der Waals surface area contributed by atoms with E-state index in [0.29, 0.717) is 6.42 Å². The largest absolute Gasteiger partial charge is 0.469 e. The van der Waals surface area contributed by atoms with Gasteiger partial charge in [-0.05, 0) is 6.42 Å². The molecule has 0 aromatic heterocycles. The summed E-state index contributed by atoms with van der Waals surface area (Å²) < 4.78 is 4.62. The fraction of sp³-hybridized carbons (Fsp3) is 0.833. The summed E-state index contributed by atoms with van der Waals surface area (Å²) in [4.78, 5) is 15.5. The van der Waals surface area contributed by atoms with Crippen LogP contribution in [-0.2, 0) is 9.53 Å². The van der Waals surface area contributed by atoms with Crippen molar-refractivity contribution < 1.29 is 9.53 Å². The van der Waals surface area contributed by atoms with Crippen molar-refractivity contribution in [3.63, 3.8) is 0 Å². The minimum absolute atomic E-state index is 0.0396. The summed E-state index contributed by atoms with van der Waals surface area (Å²) in [5.41, 5.74) is 0. The fourth-order valence-electron chi connectivity index (χ4n) is 2.08. The Balaban J connectivity index is 2.26. The summed E-state index contributed by atoms with van der Waals surface area (Å²) in [6.07, 6.45) is 1.32. The minimum atomic E-state index is -0.157. The number of hydrogen-bond donors (Lipinski definition) is 0. The van der Waals surface area contributed by atoms with E-state index in [9.17, 15) is 4.79 Å². The van der Waals surface area contributed by atoms with Crippen LogP contribution in [0.1, 0.15) is 19.8 Å². The van der Waals surface area contributed by atoms with Gasteiger partial charge in [0.25, 0.3) is 0 Å². The average molecular weight is 239 g/mol. The Morgan fingerprint density at radius 1 is 1.41 bits per heavy atom. The lowest BCUT2D eigenvalue weighted by atomic mass is 10.2.